The van der Waals surface area contributed by atoms with Gasteiger partial charge in [0.1, 0.15) is 10.8 Å². The van der Waals surface area contributed by atoms with Crippen molar-refractivity contribution < 1.29 is 4.74 Å². The topological polar surface area (TPSA) is 48.1 Å². The SMILES string of the molecule is CCOc1ccccc1-c1csc(C2(N)CCCCC2)n1. The van der Waals surface area contributed by atoms with Crippen molar-refractivity contribution in [3.8, 4) is 17.0 Å². The number of thiazole rings is 1. The Labute approximate surface area is 130 Å². The third-order valence-electron chi connectivity index (χ3n) is 4.14. The maximum Gasteiger partial charge on any atom is 0.128 e. The molecule has 0 saturated heterocycles. The minimum absolute atomic E-state index is 0.221. The lowest BCUT2D eigenvalue weighted by atomic mass is 9.83. The molecule has 0 spiro atoms. The van der Waals surface area contributed by atoms with Gasteiger partial charge in [-0.1, -0.05) is 31.4 Å². The van der Waals surface area contributed by atoms with E-state index in [1.165, 1.54) is 19.3 Å². The number of benzene rings is 1. The highest BCUT2D eigenvalue weighted by Crippen LogP contribution is 2.39. The van der Waals surface area contributed by atoms with Gasteiger partial charge in [-0.3, -0.25) is 0 Å². The molecule has 3 rings (SSSR count). The molecule has 1 aliphatic carbocycles. The standard InChI is InChI=1S/C17H22N2OS/c1-2-20-15-9-5-4-8-13(15)14-12-21-16(19-14)17(18)10-6-3-7-11-17/h4-5,8-9,12H,2-3,6-7,10-11,18H2,1H3. The molecule has 3 nitrogen and oxygen atoms in total. The Bertz CT molecular complexity index is 602. The van der Waals surface area contributed by atoms with E-state index < -0.39 is 0 Å². The van der Waals surface area contributed by atoms with Gasteiger partial charge in [0, 0.05) is 10.9 Å². The molecule has 0 atom stereocenters. The van der Waals surface area contributed by atoms with E-state index in [0.29, 0.717) is 6.61 Å². The summed E-state index contributed by atoms with van der Waals surface area (Å²) in [6.45, 7) is 2.66. The summed E-state index contributed by atoms with van der Waals surface area (Å²) in [6, 6.07) is 8.08. The predicted molar refractivity (Wildman–Crippen MR) is 87.7 cm³/mol. The first-order valence-electron chi connectivity index (χ1n) is 7.70. The van der Waals surface area contributed by atoms with Crippen LogP contribution in [0.1, 0.15) is 44.0 Å². The number of ether oxygens (including phenoxy) is 1. The Kier molecular flexibility index (Phi) is 4.27. The smallest absolute Gasteiger partial charge is 0.128 e. The maximum atomic E-state index is 6.59. The molecular weight excluding hydrogens is 280 g/mol. The summed E-state index contributed by atoms with van der Waals surface area (Å²) in [7, 11) is 0. The summed E-state index contributed by atoms with van der Waals surface area (Å²) in [5.41, 5.74) is 8.40. The van der Waals surface area contributed by atoms with Gasteiger partial charge in [0.05, 0.1) is 17.8 Å². The molecule has 2 aromatic rings. The second-order valence-corrected chi connectivity index (χ2v) is 6.54. The van der Waals surface area contributed by atoms with Crippen molar-refractivity contribution in [2.45, 2.75) is 44.6 Å². The molecule has 0 amide bonds. The van der Waals surface area contributed by atoms with Crippen molar-refractivity contribution in [3.05, 3.63) is 34.7 Å². The van der Waals surface area contributed by atoms with Crippen LogP contribution in [0.25, 0.3) is 11.3 Å². The van der Waals surface area contributed by atoms with Crippen molar-refractivity contribution in [2.24, 2.45) is 5.73 Å². The molecule has 4 heteroatoms. The van der Waals surface area contributed by atoms with Crippen molar-refractivity contribution in [3.63, 3.8) is 0 Å². The van der Waals surface area contributed by atoms with Gasteiger partial charge in [-0.25, -0.2) is 4.98 Å². The first kappa shape index (κ1) is 14.5. The van der Waals surface area contributed by atoms with Crippen LogP contribution in [0.2, 0.25) is 0 Å². The van der Waals surface area contributed by atoms with Gasteiger partial charge in [-0.05, 0) is 31.9 Å². The number of hydrogen-bond donors (Lipinski definition) is 1. The molecule has 1 aromatic heterocycles. The average Bonchev–Trinajstić information content (AvgIpc) is 2.99. The van der Waals surface area contributed by atoms with Crippen molar-refractivity contribution in [1.82, 2.24) is 4.98 Å². The van der Waals surface area contributed by atoms with E-state index >= 15 is 0 Å². The minimum atomic E-state index is -0.221. The maximum absolute atomic E-state index is 6.59. The molecular formula is C17H22N2OS. The summed E-state index contributed by atoms with van der Waals surface area (Å²) >= 11 is 1.68. The quantitative estimate of drug-likeness (QED) is 0.914. The molecule has 1 aromatic carbocycles. The van der Waals surface area contributed by atoms with E-state index in [9.17, 15) is 0 Å². The molecule has 1 fully saturated rings. The third kappa shape index (κ3) is 2.97. The van der Waals surface area contributed by atoms with Gasteiger partial charge in [0.25, 0.3) is 0 Å². The van der Waals surface area contributed by atoms with Crippen LogP contribution in [-0.4, -0.2) is 11.6 Å². The Hall–Kier alpha value is -1.39. The lowest BCUT2D eigenvalue weighted by Gasteiger charge is -2.31. The number of nitrogens with zero attached hydrogens (tertiary/aromatic N) is 1. The molecule has 0 bridgehead atoms. The summed E-state index contributed by atoms with van der Waals surface area (Å²) in [5.74, 6) is 0.895. The van der Waals surface area contributed by atoms with Gasteiger partial charge < -0.3 is 10.5 Å². The summed E-state index contributed by atoms with van der Waals surface area (Å²) in [5, 5.41) is 3.18. The highest BCUT2D eigenvalue weighted by molar-refractivity contribution is 7.10. The van der Waals surface area contributed by atoms with Crippen LogP contribution in [-0.2, 0) is 5.54 Å². The van der Waals surface area contributed by atoms with E-state index in [-0.39, 0.29) is 5.54 Å². The van der Waals surface area contributed by atoms with E-state index in [1.807, 2.05) is 25.1 Å². The van der Waals surface area contributed by atoms with E-state index in [0.717, 1.165) is 34.9 Å². The van der Waals surface area contributed by atoms with Crippen molar-refractivity contribution in [2.75, 3.05) is 6.61 Å². The third-order valence-corrected chi connectivity index (χ3v) is 5.20. The number of hydrogen-bond acceptors (Lipinski definition) is 4. The van der Waals surface area contributed by atoms with E-state index in [4.69, 9.17) is 15.5 Å². The number of para-hydroxylation sites is 1. The zero-order valence-corrected chi connectivity index (χ0v) is 13.3. The predicted octanol–water partition coefficient (Wildman–Crippen LogP) is 4.33. The van der Waals surface area contributed by atoms with Crippen LogP contribution in [0.4, 0.5) is 0 Å². The number of nitrogens with two attached hydrogens (primary N) is 1. The fourth-order valence-corrected chi connectivity index (χ4v) is 3.98. The summed E-state index contributed by atoms with van der Waals surface area (Å²) in [6.07, 6.45) is 5.81. The second-order valence-electron chi connectivity index (χ2n) is 5.68. The lowest BCUT2D eigenvalue weighted by molar-refractivity contribution is 0.301. The monoisotopic (exact) mass is 302 g/mol. The first-order valence-corrected chi connectivity index (χ1v) is 8.58. The molecule has 112 valence electrons. The molecule has 1 heterocycles. The molecule has 2 N–H and O–H groups in total. The van der Waals surface area contributed by atoms with Gasteiger partial charge in [0.15, 0.2) is 0 Å². The molecule has 1 aliphatic rings. The van der Waals surface area contributed by atoms with Gasteiger partial charge >= 0.3 is 0 Å². The zero-order chi connectivity index (χ0) is 14.7. The van der Waals surface area contributed by atoms with Gasteiger partial charge in [-0.15, -0.1) is 11.3 Å². The van der Waals surface area contributed by atoms with Crippen LogP contribution in [0.3, 0.4) is 0 Å². The molecule has 0 aliphatic heterocycles. The lowest BCUT2D eigenvalue weighted by Crippen LogP contribution is -2.38. The van der Waals surface area contributed by atoms with Crippen LogP contribution in [0.5, 0.6) is 5.75 Å². The number of rotatable bonds is 4. The zero-order valence-electron chi connectivity index (χ0n) is 12.5. The van der Waals surface area contributed by atoms with Crippen LogP contribution in [0.15, 0.2) is 29.6 Å². The highest BCUT2D eigenvalue weighted by Gasteiger charge is 2.32. The summed E-state index contributed by atoms with van der Waals surface area (Å²) < 4.78 is 5.70. The minimum Gasteiger partial charge on any atom is -0.493 e. The molecule has 0 unspecified atom stereocenters. The average molecular weight is 302 g/mol. The van der Waals surface area contributed by atoms with Gasteiger partial charge in [-0.2, -0.15) is 0 Å². The van der Waals surface area contributed by atoms with Gasteiger partial charge in [0.2, 0.25) is 0 Å². The molecule has 21 heavy (non-hydrogen) atoms. The molecule has 1 saturated carbocycles. The Morgan fingerprint density at radius 3 is 2.76 bits per heavy atom. The van der Waals surface area contributed by atoms with Crippen molar-refractivity contribution in [1.29, 1.82) is 0 Å². The Morgan fingerprint density at radius 1 is 1.24 bits per heavy atom. The van der Waals surface area contributed by atoms with E-state index in [1.54, 1.807) is 11.3 Å². The van der Waals surface area contributed by atoms with Crippen LogP contribution in [0, 0.1) is 0 Å². The van der Waals surface area contributed by atoms with Crippen LogP contribution >= 0.6 is 11.3 Å². The second kappa shape index (κ2) is 6.16. The van der Waals surface area contributed by atoms with Crippen LogP contribution < -0.4 is 10.5 Å². The number of aromatic nitrogens is 1. The first-order chi connectivity index (χ1) is 10.2. The highest BCUT2D eigenvalue weighted by atomic mass is 32.1. The van der Waals surface area contributed by atoms with E-state index in [2.05, 4.69) is 11.4 Å². The van der Waals surface area contributed by atoms with Crippen molar-refractivity contribution >= 4 is 11.3 Å². The Balaban J connectivity index is 1.91. The fourth-order valence-electron chi connectivity index (χ4n) is 2.98. The summed E-state index contributed by atoms with van der Waals surface area (Å²) in [4.78, 5) is 4.83. The Morgan fingerprint density at radius 2 is 2.00 bits per heavy atom. The normalized spacial score (nSPS) is 17.6. The fraction of sp³-hybridized carbons (Fsp3) is 0.471. The molecule has 0 radical (unpaired) electrons. The largest absolute Gasteiger partial charge is 0.493 e.